The molecule has 0 unspecified atom stereocenters. The zero-order valence-corrected chi connectivity index (χ0v) is 15.5. The number of fused-ring (bicyclic) bond motifs is 1. The van der Waals surface area contributed by atoms with Gasteiger partial charge in [-0.3, -0.25) is 9.36 Å². The molecule has 0 saturated heterocycles. The number of imidazole rings is 1. The minimum absolute atomic E-state index is 0.174. The molecule has 2 aromatic carbocycles. The van der Waals surface area contributed by atoms with Gasteiger partial charge in [0.15, 0.2) is 11.2 Å². The van der Waals surface area contributed by atoms with E-state index in [9.17, 15) is 9.59 Å². The standard InChI is InChI=1S/C21H20N4O3/c1-28-13-12-24-20(26)18-19(25(21(24)27)17-10-6-3-7-11-17)22-15-23(18)14-16-8-4-2-5-9-16/h2-11,15H,12-14H2,1H3. The lowest BCUT2D eigenvalue weighted by atomic mass is 10.2. The zero-order chi connectivity index (χ0) is 19.5. The van der Waals surface area contributed by atoms with Crippen molar-refractivity contribution < 1.29 is 4.74 Å². The number of aromatic nitrogens is 4. The van der Waals surface area contributed by atoms with Crippen LogP contribution >= 0.6 is 0 Å². The molecular formula is C21H20N4O3. The number of benzene rings is 2. The molecule has 0 aliphatic carbocycles. The summed E-state index contributed by atoms with van der Waals surface area (Å²) in [5.41, 5.74) is 1.66. The van der Waals surface area contributed by atoms with Gasteiger partial charge in [-0.1, -0.05) is 48.5 Å². The molecule has 2 heterocycles. The Hall–Kier alpha value is -3.45. The fourth-order valence-corrected chi connectivity index (χ4v) is 3.27. The molecule has 0 saturated carbocycles. The fraction of sp³-hybridized carbons (Fsp3) is 0.190. The summed E-state index contributed by atoms with van der Waals surface area (Å²) in [5.74, 6) is 0. The fourth-order valence-electron chi connectivity index (χ4n) is 3.27. The van der Waals surface area contributed by atoms with E-state index in [-0.39, 0.29) is 18.7 Å². The van der Waals surface area contributed by atoms with E-state index in [1.165, 1.54) is 9.13 Å². The molecule has 4 aromatic rings. The van der Waals surface area contributed by atoms with Crippen LogP contribution in [0.25, 0.3) is 16.9 Å². The summed E-state index contributed by atoms with van der Waals surface area (Å²) in [4.78, 5) is 30.7. The van der Waals surface area contributed by atoms with E-state index >= 15 is 0 Å². The lowest BCUT2D eigenvalue weighted by molar-refractivity contribution is 0.184. The maximum Gasteiger partial charge on any atom is 0.337 e. The van der Waals surface area contributed by atoms with Crippen LogP contribution in [0.15, 0.2) is 76.6 Å². The van der Waals surface area contributed by atoms with Gasteiger partial charge in [0, 0.05) is 13.7 Å². The average Bonchev–Trinajstić information content (AvgIpc) is 3.13. The number of para-hydroxylation sites is 1. The lowest BCUT2D eigenvalue weighted by Crippen LogP contribution is -2.41. The molecule has 142 valence electrons. The van der Waals surface area contributed by atoms with Crippen molar-refractivity contribution in [1.82, 2.24) is 18.7 Å². The SMILES string of the molecule is COCCn1c(=O)c2c(ncn2Cc2ccccc2)n(-c2ccccc2)c1=O. The molecule has 7 nitrogen and oxygen atoms in total. The Morgan fingerprint density at radius 1 is 0.964 bits per heavy atom. The first-order valence-electron chi connectivity index (χ1n) is 8.99. The van der Waals surface area contributed by atoms with Gasteiger partial charge in [0.25, 0.3) is 5.56 Å². The number of nitrogens with zero attached hydrogens (tertiary/aromatic N) is 4. The molecule has 0 fully saturated rings. The Labute approximate surface area is 161 Å². The molecule has 28 heavy (non-hydrogen) atoms. The Bertz CT molecular complexity index is 1210. The zero-order valence-electron chi connectivity index (χ0n) is 15.5. The summed E-state index contributed by atoms with van der Waals surface area (Å²) in [7, 11) is 1.54. The highest BCUT2D eigenvalue weighted by molar-refractivity contribution is 5.72. The molecule has 2 aromatic heterocycles. The van der Waals surface area contributed by atoms with Gasteiger partial charge in [0.2, 0.25) is 0 Å². The molecule has 0 aliphatic heterocycles. The van der Waals surface area contributed by atoms with Crippen molar-refractivity contribution in [2.24, 2.45) is 0 Å². The van der Waals surface area contributed by atoms with E-state index in [2.05, 4.69) is 4.98 Å². The molecule has 7 heteroatoms. The Kier molecular flexibility index (Phi) is 4.90. The molecule has 0 atom stereocenters. The summed E-state index contributed by atoms with van der Waals surface area (Å²) in [6, 6.07) is 19.0. The van der Waals surface area contributed by atoms with Crippen LogP contribution in [0.5, 0.6) is 0 Å². The van der Waals surface area contributed by atoms with Crippen LogP contribution in [-0.2, 0) is 17.8 Å². The van der Waals surface area contributed by atoms with Crippen LogP contribution in [0.2, 0.25) is 0 Å². The van der Waals surface area contributed by atoms with Gasteiger partial charge in [-0.15, -0.1) is 0 Å². The van der Waals surface area contributed by atoms with Crippen LogP contribution in [0.1, 0.15) is 5.56 Å². The highest BCUT2D eigenvalue weighted by Crippen LogP contribution is 2.14. The second-order valence-electron chi connectivity index (χ2n) is 6.43. The highest BCUT2D eigenvalue weighted by atomic mass is 16.5. The Morgan fingerprint density at radius 3 is 2.32 bits per heavy atom. The van der Waals surface area contributed by atoms with Gasteiger partial charge >= 0.3 is 5.69 Å². The van der Waals surface area contributed by atoms with Gasteiger partial charge in [-0.2, -0.15) is 0 Å². The van der Waals surface area contributed by atoms with Crippen molar-refractivity contribution >= 4 is 11.2 Å². The molecule has 0 radical (unpaired) electrons. The summed E-state index contributed by atoms with van der Waals surface area (Å²) in [6.45, 7) is 0.930. The topological polar surface area (TPSA) is 71.1 Å². The van der Waals surface area contributed by atoms with Crippen molar-refractivity contribution in [3.05, 3.63) is 93.4 Å². The summed E-state index contributed by atoms with van der Waals surface area (Å²) in [5, 5.41) is 0. The largest absolute Gasteiger partial charge is 0.383 e. The summed E-state index contributed by atoms with van der Waals surface area (Å²) in [6.07, 6.45) is 1.61. The van der Waals surface area contributed by atoms with Crippen molar-refractivity contribution in [2.45, 2.75) is 13.1 Å². The smallest absolute Gasteiger partial charge is 0.337 e. The first-order chi connectivity index (χ1) is 13.7. The molecule has 0 spiro atoms. The number of hydrogen-bond acceptors (Lipinski definition) is 4. The van der Waals surface area contributed by atoms with Crippen molar-refractivity contribution in [3.63, 3.8) is 0 Å². The molecule has 0 N–H and O–H groups in total. The second-order valence-corrected chi connectivity index (χ2v) is 6.43. The summed E-state index contributed by atoms with van der Waals surface area (Å²) < 4.78 is 9.57. The van der Waals surface area contributed by atoms with Crippen LogP contribution in [-0.4, -0.2) is 32.4 Å². The van der Waals surface area contributed by atoms with Crippen molar-refractivity contribution in [2.75, 3.05) is 13.7 Å². The van der Waals surface area contributed by atoms with Gasteiger partial charge < -0.3 is 9.30 Å². The van der Waals surface area contributed by atoms with E-state index in [0.717, 1.165) is 5.56 Å². The van der Waals surface area contributed by atoms with E-state index in [4.69, 9.17) is 4.74 Å². The Balaban J connectivity index is 1.98. The monoisotopic (exact) mass is 376 g/mol. The second kappa shape index (κ2) is 7.66. The minimum Gasteiger partial charge on any atom is -0.383 e. The van der Waals surface area contributed by atoms with E-state index < -0.39 is 5.69 Å². The predicted octanol–water partition coefficient (Wildman–Crippen LogP) is 2.04. The average molecular weight is 376 g/mol. The molecular weight excluding hydrogens is 356 g/mol. The van der Waals surface area contributed by atoms with Crippen LogP contribution in [0.4, 0.5) is 0 Å². The van der Waals surface area contributed by atoms with E-state index in [0.29, 0.717) is 23.4 Å². The predicted molar refractivity (Wildman–Crippen MR) is 107 cm³/mol. The number of hydrogen-bond donors (Lipinski definition) is 0. The third kappa shape index (κ3) is 3.16. The normalized spacial score (nSPS) is 11.2. The number of rotatable bonds is 6. The van der Waals surface area contributed by atoms with Gasteiger partial charge in [0.05, 0.1) is 25.2 Å². The summed E-state index contributed by atoms with van der Waals surface area (Å²) >= 11 is 0. The van der Waals surface area contributed by atoms with Crippen LogP contribution in [0, 0.1) is 0 Å². The minimum atomic E-state index is -0.425. The highest BCUT2D eigenvalue weighted by Gasteiger charge is 2.19. The van der Waals surface area contributed by atoms with Crippen LogP contribution in [0.3, 0.4) is 0 Å². The quantitative estimate of drug-likeness (QED) is 0.516. The lowest BCUT2D eigenvalue weighted by Gasteiger charge is -2.12. The maximum atomic E-state index is 13.1. The molecule has 0 bridgehead atoms. The maximum absolute atomic E-state index is 13.1. The third-order valence-corrected chi connectivity index (χ3v) is 4.63. The Morgan fingerprint density at radius 2 is 1.64 bits per heavy atom. The van der Waals surface area contributed by atoms with Gasteiger partial charge in [0.1, 0.15) is 0 Å². The van der Waals surface area contributed by atoms with E-state index in [1.807, 2.05) is 60.7 Å². The molecule has 0 aliphatic rings. The van der Waals surface area contributed by atoms with E-state index in [1.54, 1.807) is 18.0 Å². The molecule has 4 rings (SSSR count). The van der Waals surface area contributed by atoms with Crippen LogP contribution < -0.4 is 11.2 Å². The first kappa shape index (κ1) is 17.9. The number of ether oxygens (including phenoxy) is 1. The van der Waals surface area contributed by atoms with Gasteiger partial charge in [-0.25, -0.2) is 14.3 Å². The number of methoxy groups -OCH3 is 1. The van der Waals surface area contributed by atoms with Crippen molar-refractivity contribution in [3.8, 4) is 5.69 Å². The third-order valence-electron chi connectivity index (χ3n) is 4.63. The molecule has 0 amide bonds. The van der Waals surface area contributed by atoms with Gasteiger partial charge in [-0.05, 0) is 17.7 Å². The first-order valence-corrected chi connectivity index (χ1v) is 8.99. The van der Waals surface area contributed by atoms with Crippen molar-refractivity contribution in [1.29, 1.82) is 0 Å².